The minimum atomic E-state index is -0.496. The van der Waals surface area contributed by atoms with Gasteiger partial charge in [-0.25, -0.2) is 0 Å². The van der Waals surface area contributed by atoms with Gasteiger partial charge in [-0.15, -0.1) is 0 Å². The van der Waals surface area contributed by atoms with Crippen molar-refractivity contribution in [2.24, 2.45) is 5.92 Å². The van der Waals surface area contributed by atoms with Crippen LogP contribution < -0.4 is 0 Å². The van der Waals surface area contributed by atoms with Crippen LogP contribution in [0.2, 0.25) is 0 Å². The summed E-state index contributed by atoms with van der Waals surface area (Å²) in [7, 11) is 3.91. The van der Waals surface area contributed by atoms with E-state index in [9.17, 15) is 9.90 Å². The van der Waals surface area contributed by atoms with Gasteiger partial charge in [-0.3, -0.25) is 9.69 Å². The van der Waals surface area contributed by atoms with Crippen LogP contribution in [0.1, 0.15) is 18.1 Å². The van der Waals surface area contributed by atoms with Gasteiger partial charge in [0, 0.05) is 52.2 Å². The first-order chi connectivity index (χ1) is 11.8. The molecule has 1 heterocycles. The molecule has 1 aliphatic heterocycles. The molecule has 5 heteroatoms. The molecule has 2 rings (SSSR count). The Balaban J connectivity index is 1.77. The SMILES string of the molecule is Cc1ccc(CC(C)C(=O)N(C)CC(O)CN2CCN(C)CC2)cc1. The Morgan fingerprint density at radius 1 is 1.20 bits per heavy atom. The predicted molar refractivity (Wildman–Crippen MR) is 102 cm³/mol. The second-order valence-electron chi connectivity index (χ2n) is 7.57. The van der Waals surface area contributed by atoms with E-state index in [0.717, 1.165) is 32.6 Å². The standard InChI is InChI=1S/C20H33N3O2/c1-16-5-7-18(8-6-16)13-17(2)20(25)22(4)14-19(24)15-23-11-9-21(3)10-12-23/h5-8,17,19,24H,9-15H2,1-4H3. The molecule has 1 amide bonds. The fraction of sp³-hybridized carbons (Fsp3) is 0.650. The van der Waals surface area contributed by atoms with Crippen LogP contribution in [0, 0.1) is 12.8 Å². The number of aryl methyl sites for hydroxylation is 1. The second kappa shape index (κ2) is 9.32. The molecule has 0 bridgehead atoms. The van der Waals surface area contributed by atoms with E-state index in [1.807, 2.05) is 6.92 Å². The molecule has 0 aromatic heterocycles. The van der Waals surface area contributed by atoms with Crippen molar-refractivity contribution in [1.29, 1.82) is 0 Å². The molecule has 1 aromatic carbocycles. The third kappa shape index (κ3) is 6.42. The average molecular weight is 348 g/mol. The highest BCUT2D eigenvalue weighted by Gasteiger charge is 2.22. The summed E-state index contributed by atoms with van der Waals surface area (Å²) in [6.45, 7) is 9.09. The number of nitrogens with zero attached hydrogens (tertiary/aromatic N) is 3. The minimum Gasteiger partial charge on any atom is -0.390 e. The summed E-state index contributed by atoms with van der Waals surface area (Å²) in [4.78, 5) is 18.8. The zero-order valence-electron chi connectivity index (χ0n) is 16.1. The van der Waals surface area contributed by atoms with Gasteiger partial charge >= 0.3 is 0 Å². The molecular formula is C20H33N3O2. The van der Waals surface area contributed by atoms with Crippen LogP contribution in [0.25, 0.3) is 0 Å². The van der Waals surface area contributed by atoms with E-state index in [0.29, 0.717) is 13.1 Å². The van der Waals surface area contributed by atoms with Crippen LogP contribution in [0.5, 0.6) is 0 Å². The predicted octanol–water partition coefficient (Wildman–Crippen LogP) is 1.24. The number of aliphatic hydroxyl groups is 1. The molecule has 1 aromatic rings. The van der Waals surface area contributed by atoms with Crippen LogP contribution in [-0.4, -0.2) is 85.2 Å². The zero-order chi connectivity index (χ0) is 18.4. The van der Waals surface area contributed by atoms with Crippen molar-refractivity contribution in [2.45, 2.75) is 26.4 Å². The summed E-state index contributed by atoms with van der Waals surface area (Å²) in [5, 5.41) is 10.3. The lowest BCUT2D eigenvalue weighted by atomic mass is 9.99. The van der Waals surface area contributed by atoms with Gasteiger partial charge in [0.1, 0.15) is 0 Å². The molecule has 2 atom stereocenters. The highest BCUT2D eigenvalue weighted by atomic mass is 16.3. The lowest BCUT2D eigenvalue weighted by Gasteiger charge is -2.34. The quantitative estimate of drug-likeness (QED) is 0.806. The fourth-order valence-corrected chi connectivity index (χ4v) is 3.33. The van der Waals surface area contributed by atoms with Gasteiger partial charge in [0.2, 0.25) is 5.91 Å². The van der Waals surface area contributed by atoms with Crippen molar-refractivity contribution < 1.29 is 9.90 Å². The minimum absolute atomic E-state index is 0.0801. The first-order valence-corrected chi connectivity index (χ1v) is 9.24. The number of hydrogen-bond acceptors (Lipinski definition) is 4. The number of aliphatic hydroxyl groups excluding tert-OH is 1. The summed E-state index contributed by atoms with van der Waals surface area (Å²) in [5.74, 6) is 0.0153. The number of β-amino-alcohol motifs (C(OH)–C–C–N with tert-alkyl or cyclic N) is 1. The van der Waals surface area contributed by atoms with E-state index >= 15 is 0 Å². The Kier molecular flexibility index (Phi) is 7.41. The van der Waals surface area contributed by atoms with Crippen LogP contribution in [0.3, 0.4) is 0 Å². The van der Waals surface area contributed by atoms with E-state index in [1.54, 1.807) is 11.9 Å². The molecule has 0 spiro atoms. The monoisotopic (exact) mass is 347 g/mol. The van der Waals surface area contributed by atoms with Crippen LogP contribution >= 0.6 is 0 Å². The molecule has 1 aliphatic rings. The molecule has 2 unspecified atom stereocenters. The maximum atomic E-state index is 12.6. The van der Waals surface area contributed by atoms with Crippen molar-refractivity contribution >= 4 is 5.91 Å². The van der Waals surface area contributed by atoms with Crippen molar-refractivity contribution in [1.82, 2.24) is 14.7 Å². The first kappa shape index (κ1) is 19.9. The molecule has 5 nitrogen and oxygen atoms in total. The maximum Gasteiger partial charge on any atom is 0.225 e. The van der Waals surface area contributed by atoms with Crippen molar-refractivity contribution in [3.63, 3.8) is 0 Å². The molecule has 25 heavy (non-hydrogen) atoms. The average Bonchev–Trinajstić information content (AvgIpc) is 2.58. The smallest absolute Gasteiger partial charge is 0.225 e. The molecule has 0 radical (unpaired) electrons. The van der Waals surface area contributed by atoms with E-state index in [1.165, 1.54) is 11.1 Å². The summed E-state index contributed by atoms with van der Waals surface area (Å²) < 4.78 is 0. The van der Waals surface area contributed by atoms with E-state index < -0.39 is 6.10 Å². The van der Waals surface area contributed by atoms with Gasteiger partial charge in [-0.2, -0.15) is 0 Å². The van der Waals surface area contributed by atoms with E-state index in [-0.39, 0.29) is 11.8 Å². The van der Waals surface area contributed by atoms with E-state index in [2.05, 4.69) is 48.0 Å². The topological polar surface area (TPSA) is 47.0 Å². The highest BCUT2D eigenvalue weighted by molar-refractivity contribution is 5.78. The van der Waals surface area contributed by atoms with Crippen LogP contribution in [0.15, 0.2) is 24.3 Å². The van der Waals surface area contributed by atoms with Gasteiger partial charge in [0.05, 0.1) is 6.10 Å². The third-order valence-corrected chi connectivity index (χ3v) is 5.01. The summed E-state index contributed by atoms with van der Waals surface area (Å²) in [6, 6.07) is 8.33. The number of hydrogen-bond donors (Lipinski definition) is 1. The van der Waals surface area contributed by atoms with Crippen molar-refractivity contribution in [3.05, 3.63) is 35.4 Å². The maximum absolute atomic E-state index is 12.6. The molecule has 0 saturated carbocycles. The number of benzene rings is 1. The normalized spacial score (nSPS) is 18.8. The van der Waals surface area contributed by atoms with Crippen LogP contribution in [-0.2, 0) is 11.2 Å². The molecule has 1 saturated heterocycles. The molecule has 0 aliphatic carbocycles. The van der Waals surface area contributed by atoms with Gasteiger partial charge in [0.25, 0.3) is 0 Å². The Hall–Kier alpha value is -1.43. The third-order valence-electron chi connectivity index (χ3n) is 5.01. The Morgan fingerprint density at radius 2 is 1.80 bits per heavy atom. The number of likely N-dealkylation sites (N-methyl/N-ethyl adjacent to an activating group) is 2. The number of piperazine rings is 1. The first-order valence-electron chi connectivity index (χ1n) is 9.24. The number of amides is 1. The van der Waals surface area contributed by atoms with Gasteiger partial charge in [0.15, 0.2) is 0 Å². The Labute approximate surface area is 152 Å². The number of carbonyl (C=O) groups excluding carboxylic acids is 1. The lowest BCUT2D eigenvalue weighted by Crippen LogP contribution is -2.49. The zero-order valence-corrected chi connectivity index (χ0v) is 16.1. The number of carbonyl (C=O) groups is 1. The lowest BCUT2D eigenvalue weighted by molar-refractivity contribution is -0.135. The highest BCUT2D eigenvalue weighted by Crippen LogP contribution is 2.12. The Morgan fingerprint density at radius 3 is 2.40 bits per heavy atom. The van der Waals surface area contributed by atoms with Gasteiger partial charge in [-0.1, -0.05) is 36.8 Å². The van der Waals surface area contributed by atoms with Gasteiger partial charge < -0.3 is 14.9 Å². The largest absolute Gasteiger partial charge is 0.390 e. The van der Waals surface area contributed by atoms with E-state index in [4.69, 9.17) is 0 Å². The number of rotatable bonds is 7. The Bertz CT molecular complexity index is 538. The van der Waals surface area contributed by atoms with Crippen molar-refractivity contribution in [3.8, 4) is 0 Å². The second-order valence-corrected chi connectivity index (χ2v) is 7.57. The molecule has 140 valence electrons. The van der Waals surface area contributed by atoms with Crippen LogP contribution in [0.4, 0.5) is 0 Å². The molecule has 1 N–H and O–H groups in total. The summed E-state index contributed by atoms with van der Waals surface area (Å²) in [5.41, 5.74) is 2.41. The van der Waals surface area contributed by atoms with Gasteiger partial charge in [-0.05, 0) is 26.0 Å². The summed E-state index contributed by atoms with van der Waals surface area (Å²) >= 11 is 0. The fourth-order valence-electron chi connectivity index (χ4n) is 3.33. The molecule has 1 fully saturated rings. The molecular weight excluding hydrogens is 314 g/mol. The summed E-state index contributed by atoms with van der Waals surface area (Å²) in [6.07, 6.45) is 0.238. The van der Waals surface area contributed by atoms with Crippen molar-refractivity contribution in [2.75, 3.05) is 53.4 Å².